The molecule has 1 saturated carbocycles. The molecule has 0 aromatic carbocycles. The normalized spacial score (nSPS) is 18.6. The number of hydrogen-bond donors (Lipinski definition) is 1. The molecule has 1 atom stereocenters. The van der Waals surface area contributed by atoms with Crippen LogP contribution in [0.15, 0.2) is 17.5 Å². The minimum absolute atomic E-state index is 0.619. The van der Waals surface area contributed by atoms with E-state index in [0.29, 0.717) is 6.04 Å². The van der Waals surface area contributed by atoms with Crippen molar-refractivity contribution < 1.29 is 0 Å². The van der Waals surface area contributed by atoms with E-state index in [1.165, 1.54) is 45.1 Å². The van der Waals surface area contributed by atoms with Crippen molar-refractivity contribution in [1.29, 1.82) is 0 Å². The number of hydrogen-bond acceptors (Lipinski definition) is 2. The van der Waals surface area contributed by atoms with Crippen LogP contribution in [-0.2, 0) is 0 Å². The first kappa shape index (κ1) is 14.1. The summed E-state index contributed by atoms with van der Waals surface area (Å²) in [5.74, 6) is 1.71. The molecule has 2 rings (SSSR count). The SMILES string of the molecule is CCC(CC)CNC(c1cccs1)C1CCCC1. The van der Waals surface area contributed by atoms with Crippen molar-refractivity contribution in [2.45, 2.75) is 58.4 Å². The van der Waals surface area contributed by atoms with Gasteiger partial charge in [-0.1, -0.05) is 45.6 Å². The van der Waals surface area contributed by atoms with E-state index in [-0.39, 0.29) is 0 Å². The summed E-state index contributed by atoms with van der Waals surface area (Å²) in [7, 11) is 0. The molecule has 102 valence electrons. The second kappa shape index (κ2) is 7.30. The molecule has 1 fully saturated rings. The molecule has 1 N–H and O–H groups in total. The maximum absolute atomic E-state index is 3.88. The Bertz CT molecular complexity index is 310. The van der Waals surface area contributed by atoms with Crippen LogP contribution in [0.5, 0.6) is 0 Å². The van der Waals surface area contributed by atoms with Crippen LogP contribution in [0.3, 0.4) is 0 Å². The van der Waals surface area contributed by atoms with Gasteiger partial charge in [-0.25, -0.2) is 0 Å². The fraction of sp³-hybridized carbons (Fsp3) is 0.750. The summed E-state index contributed by atoms with van der Waals surface area (Å²) in [5, 5.41) is 6.09. The lowest BCUT2D eigenvalue weighted by molar-refractivity contribution is 0.335. The number of rotatable bonds is 7. The van der Waals surface area contributed by atoms with Gasteiger partial charge < -0.3 is 5.32 Å². The Kier molecular flexibility index (Phi) is 5.71. The van der Waals surface area contributed by atoms with Crippen LogP contribution in [0.25, 0.3) is 0 Å². The maximum atomic E-state index is 3.88. The van der Waals surface area contributed by atoms with Gasteiger partial charge in [0, 0.05) is 10.9 Å². The molecule has 1 aromatic heterocycles. The summed E-state index contributed by atoms with van der Waals surface area (Å²) < 4.78 is 0. The molecule has 0 aliphatic heterocycles. The van der Waals surface area contributed by atoms with Gasteiger partial charge >= 0.3 is 0 Å². The van der Waals surface area contributed by atoms with Crippen molar-refractivity contribution >= 4 is 11.3 Å². The van der Waals surface area contributed by atoms with Crippen molar-refractivity contribution in [2.75, 3.05) is 6.54 Å². The quantitative estimate of drug-likeness (QED) is 0.731. The number of thiophene rings is 1. The summed E-state index contributed by atoms with van der Waals surface area (Å²) in [5.41, 5.74) is 0. The highest BCUT2D eigenvalue weighted by molar-refractivity contribution is 7.10. The molecule has 1 aliphatic rings. The Balaban J connectivity index is 1.96. The second-order valence-electron chi connectivity index (χ2n) is 5.63. The van der Waals surface area contributed by atoms with Gasteiger partial charge in [-0.3, -0.25) is 0 Å². The summed E-state index contributed by atoms with van der Waals surface area (Å²) >= 11 is 1.92. The molecule has 0 radical (unpaired) electrons. The minimum atomic E-state index is 0.619. The summed E-state index contributed by atoms with van der Waals surface area (Å²) in [4.78, 5) is 1.55. The molecule has 1 heterocycles. The monoisotopic (exact) mass is 265 g/mol. The third-order valence-electron chi connectivity index (χ3n) is 4.50. The largest absolute Gasteiger partial charge is 0.309 e. The predicted molar refractivity (Wildman–Crippen MR) is 81.1 cm³/mol. The highest BCUT2D eigenvalue weighted by Crippen LogP contribution is 2.37. The first-order valence-corrected chi connectivity index (χ1v) is 8.49. The molecule has 18 heavy (non-hydrogen) atoms. The Labute approximate surface area is 116 Å². The number of nitrogens with one attached hydrogen (secondary N) is 1. The van der Waals surface area contributed by atoms with Gasteiger partial charge in [0.25, 0.3) is 0 Å². The van der Waals surface area contributed by atoms with Gasteiger partial charge in [0.15, 0.2) is 0 Å². The summed E-state index contributed by atoms with van der Waals surface area (Å²) in [6, 6.07) is 5.13. The van der Waals surface area contributed by atoms with Gasteiger partial charge in [0.1, 0.15) is 0 Å². The van der Waals surface area contributed by atoms with E-state index in [4.69, 9.17) is 0 Å². The van der Waals surface area contributed by atoms with Crippen LogP contribution in [0.1, 0.15) is 63.3 Å². The average molecular weight is 265 g/mol. The van der Waals surface area contributed by atoms with E-state index in [1.54, 1.807) is 4.88 Å². The van der Waals surface area contributed by atoms with Gasteiger partial charge in [-0.15, -0.1) is 11.3 Å². The Morgan fingerprint density at radius 2 is 2.00 bits per heavy atom. The van der Waals surface area contributed by atoms with E-state index in [1.807, 2.05) is 11.3 Å². The molecular weight excluding hydrogens is 238 g/mol. The smallest absolute Gasteiger partial charge is 0.0443 e. The van der Waals surface area contributed by atoms with Gasteiger partial charge in [-0.2, -0.15) is 0 Å². The van der Waals surface area contributed by atoms with Crippen molar-refractivity contribution in [3.05, 3.63) is 22.4 Å². The van der Waals surface area contributed by atoms with Crippen molar-refractivity contribution in [2.24, 2.45) is 11.8 Å². The molecular formula is C16H27NS. The molecule has 2 heteroatoms. The van der Waals surface area contributed by atoms with E-state index < -0.39 is 0 Å². The zero-order chi connectivity index (χ0) is 12.8. The molecule has 0 spiro atoms. The van der Waals surface area contributed by atoms with Crippen molar-refractivity contribution in [1.82, 2.24) is 5.32 Å². The van der Waals surface area contributed by atoms with Crippen molar-refractivity contribution in [3.8, 4) is 0 Å². The molecule has 0 bridgehead atoms. The van der Waals surface area contributed by atoms with Crippen LogP contribution in [0.4, 0.5) is 0 Å². The zero-order valence-corrected chi connectivity index (χ0v) is 12.6. The zero-order valence-electron chi connectivity index (χ0n) is 11.8. The second-order valence-corrected chi connectivity index (χ2v) is 6.61. The topological polar surface area (TPSA) is 12.0 Å². The lowest BCUT2D eigenvalue weighted by Crippen LogP contribution is -2.30. The van der Waals surface area contributed by atoms with Gasteiger partial charge in [-0.05, 0) is 42.7 Å². The van der Waals surface area contributed by atoms with Crippen molar-refractivity contribution in [3.63, 3.8) is 0 Å². The van der Waals surface area contributed by atoms with Crippen LogP contribution in [0, 0.1) is 11.8 Å². The first-order chi connectivity index (χ1) is 8.85. The Morgan fingerprint density at radius 1 is 1.28 bits per heavy atom. The Morgan fingerprint density at radius 3 is 2.56 bits per heavy atom. The molecule has 0 saturated heterocycles. The third kappa shape index (κ3) is 3.58. The molecule has 1 aliphatic carbocycles. The third-order valence-corrected chi connectivity index (χ3v) is 5.46. The van der Waals surface area contributed by atoms with Crippen LogP contribution >= 0.6 is 11.3 Å². The summed E-state index contributed by atoms with van der Waals surface area (Å²) in [6.45, 7) is 5.81. The van der Waals surface area contributed by atoms with E-state index in [2.05, 4.69) is 36.7 Å². The average Bonchev–Trinajstić information content (AvgIpc) is 3.07. The standard InChI is InChI=1S/C16H27NS/c1-3-13(4-2)12-17-16(14-8-5-6-9-14)15-10-7-11-18-15/h7,10-11,13-14,16-17H,3-6,8-9,12H2,1-2H3. The molecule has 0 amide bonds. The van der Waals surface area contributed by atoms with Gasteiger partial charge in [0.05, 0.1) is 0 Å². The highest BCUT2D eigenvalue weighted by Gasteiger charge is 2.26. The minimum Gasteiger partial charge on any atom is -0.309 e. The molecule has 1 nitrogen and oxygen atoms in total. The molecule has 1 aromatic rings. The van der Waals surface area contributed by atoms with Crippen LogP contribution < -0.4 is 5.32 Å². The van der Waals surface area contributed by atoms with E-state index in [0.717, 1.165) is 11.8 Å². The van der Waals surface area contributed by atoms with Gasteiger partial charge in [0.2, 0.25) is 0 Å². The fourth-order valence-corrected chi connectivity index (χ4v) is 4.02. The first-order valence-electron chi connectivity index (χ1n) is 7.61. The van der Waals surface area contributed by atoms with E-state index >= 15 is 0 Å². The summed E-state index contributed by atoms with van der Waals surface area (Å²) in [6.07, 6.45) is 8.28. The lowest BCUT2D eigenvalue weighted by Gasteiger charge is -2.26. The predicted octanol–water partition coefficient (Wildman–Crippen LogP) is 5.01. The highest BCUT2D eigenvalue weighted by atomic mass is 32.1. The lowest BCUT2D eigenvalue weighted by atomic mass is 9.95. The fourth-order valence-electron chi connectivity index (χ4n) is 3.13. The molecule has 1 unspecified atom stereocenters. The van der Waals surface area contributed by atoms with E-state index in [9.17, 15) is 0 Å². The van der Waals surface area contributed by atoms with Crippen LogP contribution in [0.2, 0.25) is 0 Å². The maximum Gasteiger partial charge on any atom is 0.0443 e. The Hall–Kier alpha value is -0.340. The van der Waals surface area contributed by atoms with Crippen LogP contribution in [-0.4, -0.2) is 6.54 Å².